The number of fused-ring (bicyclic) bond motifs is 1. The summed E-state index contributed by atoms with van der Waals surface area (Å²) in [6.45, 7) is 2.89. The lowest BCUT2D eigenvalue weighted by Crippen LogP contribution is -2.01. The van der Waals surface area contributed by atoms with Gasteiger partial charge in [0, 0.05) is 6.42 Å². The van der Waals surface area contributed by atoms with Gasteiger partial charge in [0.25, 0.3) is 0 Å². The van der Waals surface area contributed by atoms with Crippen molar-refractivity contribution in [2.75, 3.05) is 13.2 Å². The van der Waals surface area contributed by atoms with Gasteiger partial charge in [-0.2, -0.15) is 0 Å². The Kier molecular flexibility index (Phi) is 3.49. The van der Waals surface area contributed by atoms with E-state index in [9.17, 15) is 4.79 Å². The number of carbonyl (C=O) groups excluding carboxylic acids is 1. The molecule has 0 amide bonds. The minimum Gasteiger partial charge on any atom is -0.490 e. The molecule has 0 saturated heterocycles. The van der Waals surface area contributed by atoms with E-state index < -0.39 is 0 Å². The molecule has 86 valence electrons. The van der Waals surface area contributed by atoms with E-state index in [1.807, 2.05) is 18.2 Å². The monoisotopic (exact) mass is 284 g/mol. The fraction of sp³-hybridized carbons (Fsp3) is 0.417. The van der Waals surface area contributed by atoms with E-state index in [1.165, 1.54) is 0 Å². The van der Waals surface area contributed by atoms with Crippen LogP contribution in [0.2, 0.25) is 0 Å². The first kappa shape index (κ1) is 11.5. The van der Waals surface area contributed by atoms with Crippen LogP contribution in [0.4, 0.5) is 0 Å². The minimum absolute atomic E-state index is 0.0782. The van der Waals surface area contributed by atoms with Crippen LogP contribution in [-0.2, 0) is 4.79 Å². The first-order valence-electron chi connectivity index (χ1n) is 5.22. The zero-order valence-electron chi connectivity index (χ0n) is 9.03. The van der Waals surface area contributed by atoms with Crippen LogP contribution < -0.4 is 9.47 Å². The van der Waals surface area contributed by atoms with Crippen molar-refractivity contribution in [2.45, 2.75) is 18.2 Å². The molecule has 0 bridgehead atoms. The van der Waals surface area contributed by atoms with E-state index in [0.29, 0.717) is 13.2 Å². The lowest BCUT2D eigenvalue weighted by atomic mass is 10.1. The number of Topliss-reactive ketones (excluding diaryl/α,β-unsaturated/α-hetero) is 1. The Morgan fingerprint density at radius 3 is 2.69 bits per heavy atom. The number of rotatable bonds is 2. The normalized spacial score (nSPS) is 16.4. The number of hydrogen-bond acceptors (Lipinski definition) is 3. The Morgan fingerprint density at radius 2 is 2.00 bits per heavy atom. The van der Waals surface area contributed by atoms with E-state index in [1.54, 1.807) is 6.92 Å². The van der Waals surface area contributed by atoms with Gasteiger partial charge in [-0.15, -0.1) is 0 Å². The molecule has 1 heterocycles. The highest BCUT2D eigenvalue weighted by Crippen LogP contribution is 2.34. The lowest BCUT2D eigenvalue weighted by Gasteiger charge is -2.11. The highest BCUT2D eigenvalue weighted by molar-refractivity contribution is 9.09. The molecule has 2 rings (SSSR count). The number of carbonyl (C=O) groups is 1. The fourth-order valence-corrected chi connectivity index (χ4v) is 1.86. The number of ether oxygens (including phenoxy) is 2. The summed E-state index contributed by atoms with van der Waals surface area (Å²) in [7, 11) is 0. The lowest BCUT2D eigenvalue weighted by molar-refractivity contribution is -0.116. The van der Waals surface area contributed by atoms with Crippen molar-refractivity contribution in [3.8, 4) is 11.5 Å². The van der Waals surface area contributed by atoms with Crippen molar-refractivity contribution in [2.24, 2.45) is 0 Å². The third kappa shape index (κ3) is 2.38. The average Bonchev–Trinajstić information content (AvgIpc) is 2.51. The first-order valence-corrected chi connectivity index (χ1v) is 6.14. The van der Waals surface area contributed by atoms with Crippen molar-refractivity contribution in [3.63, 3.8) is 0 Å². The fourth-order valence-electron chi connectivity index (χ4n) is 1.57. The van der Waals surface area contributed by atoms with Crippen LogP contribution in [0.5, 0.6) is 11.5 Å². The smallest absolute Gasteiger partial charge is 0.161 e. The van der Waals surface area contributed by atoms with E-state index in [4.69, 9.17) is 9.47 Å². The topological polar surface area (TPSA) is 35.5 Å². The molecule has 0 aliphatic carbocycles. The Labute approximate surface area is 103 Å². The van der Waals surface area contributed by atoms with E-state index in [0.717, 1.165) is 23.5 Å². The molecule has 0 aromatic heterocycles. The van der Waals surface area contributed by atoms with Crippen LogP contribution in [0.1, 0.15) is 23.7 Å². The van der Waals surface area contributed by atoms with Crippen LogP contribution >= 0.6 is 15.9 Å². The molecule has 3 nitrogen and oxygen atoms in total. The summed E-state index contributed by atoms with van der Waals surface area (Å²) < 4.78 is 11.1. The van der Waals surface area contributed by atoms with Crippen molar-refractivity contribution in [3.05, 3.63) is 23.8 Å². The molecule has 4 heteroatoms. The summed E-state index contributed by atoms with van der Waals surface area (Å²) >= 11 is 3.35. The first-order chi connectivity index (χ1) is 7.68. The third-order valence-corrected chi connectivity index (χ3v) is 3.59. The van der Waals surface area contributed by atoms with Gasteiger partial charge in [-0.05, 0) is 24.6 Å². The molecule has 1 aromatic carbocycles. The van der Waals surface area contributed by atoms with Crippen LogP contribution in [0.25, 0.3) is 0 Å². The molecule has 0 saturated carbocycles. The quantitative estimate of drug-likeness (QED) is 0.784. The van der Waals surface area contributed by atoms with Crippen LogP contribution in [0.15, 0.2) is 18.2 Å². The second-order valence-electron chi connectivity index (χ2n) is 3.73. The maximum atomic E-state index is 11.3. The summed E-state index contributed by atoms with van der Waals surface area (Å²) in [4.78, 5) is 11.0. The average molecular weight is 285 g/mol. The molecular weight excluding hydrogens is 272 g/mol. The minimum atomic E-state index is -0.273. The van der Waals surface area contributed by atoms with Gasteiger partial charge >= 0.3 is 0 Å². The molecule has 0 fully saturated rings. The van der Waals surface area contributed by atoms with Crippen LogP contribution in [0, 0.1) is 0 Å². The van der Waals surface area contributed by atoms with Gasteiger partial charge in [-0.3, -0.25) is 4.79 Å². The van der Waals surface area contributed by atoms with E-state index >= 15 is 0 Å². The summed E-state index contributed by atoms with van der Waals surface area (Å²) in [6.07, 6.45) is 0.883. The standard InChI is InChI=1S/C12H13BrO3/c1-8(14)12(13)9-3-4-10-11(7-9)16-6-2-5-15-10/h3-4,7,12H,2,5-6H2,1H3. The Balaban J connectivity index is 2.30. The second kappa shape index (κ2) is 4.87. The summed E-state index contributed by atoms with van der Waals surface area (Å²) in [5, 5.41) is 0. The predicted octanol–water partition coefficient (Wildman–Crippen LogP) is 2.87. The van der Waals surface area contributed by atoms with Gasteiger partial charge < -0.3 is 9.47 Å². The van der Waals surface area contributed by atoms with E-state index in [2.05, 4.69) is 15.9 Å². The van der Waals surface area contributed by atoms with Crippen LogP contribution in [-0.4, -0.2) is 19.0 Å². The van der Waals surface area contributed by atoms with Crippen LogP contribution in [0.3, 0.4) is 0 Å². The molecule has 0 radical (unpaired) electrons. The van der Waals surface area contributed by atoms with Gasteiger partial charge in [0.1, 0.15) is 5.78 Å². The van der Waals surface area contributed by atoms with Gasteiger partial charge in [0.2, 0.25) is 0 Å². The molecule has 1 unspecified atom stereocenters. The van der Waals surface area contributed by atoms with Gasteiger partial charge in [0.15, 0.2) is 11.5 Å². The third-order valence-electron chi connectivity index (χ3n) is 2.42. The molecule has 0 N–H and O–H groups in total. The summed E-state index contributed by atoms with van der Waals surface area (Å²) in [5.41, 5.74) is 0.900. The Bertz CT molecular complexity index is 403. The SMILES string of the molecule is CC(=O)C(Br)c1ccc2c(c1)OCCCO2. The number of halogens is 1. The van der Waals surface area contributed by atoms with Gasteiger partial charge in [0.05, 0.1) is 18.0 Å². The number of ketones is 1. The number of hydrogen-bond donors (Lipinski definition) is 0. The molecule has 1 aliphatic rings. The maximum Gasteiger partial charge on any atom is 0.161 e. The second-order valence-corrected chi connectivity index (χ2v) is 4.65. The predicted molar refractivity (Wildman–Crippen MR) is 64.4 cm³/mol. The Morgan fingerprint density at radius 1 is 1.31 bits per heavy atom. The number of benzene rings is 1. The largest absolute Gasteiger partial charge is 0.490 e. The van der Waals surface area contributed by atoms with E-state index in [-0.39, 0.29) is 10.6 Å². The summed E-state index contributed by atoms with van der Waals surface area (Å²) in [6, 6.07) is 5.60. The van der Waals surface area contributed by atoms with Gasteiger partial charge in [-0.25, -0.2) is 0 Å². The van der Waals surface area contributed by atoms with Crippen molar-refractivity contribution in [1.29, 1.82) is 0 Å². The Hall–Kier alpha value is -1.03. The van der Waals surface area contributed by atoms with Crippen molar-refractivity contribution < 1.29 is 14.3 Å². The number of alkyl halides is 1. The highest BCUT2D eigenvalue weighted by Gasteiger charge is 2.16. The summed E-state index contributed by atoms with van der Waals surface area (Å²) in [5.74, 6) is 1.56. The molecule has 16 heavy (non-hydrogen) atoms. The molecule has 1 aromatic rings. The molecule has 1 aliphatic heterocycles. The highest BCUT2D eigenvalue weighted by atomic mass is 79.9. The molecular formula is C12H13BrO3. The zero-order chi connectivity index (χ0) is 11.5. The van der Waals surface area contributed by atoms with Gasteiger partial charge in [-0.1, -0.05) is 22.0 Å². The maximum absolute atomic E-state index is 11.3. The van der Waals surface area contributed by atoms with Crippen molar-refractivity contribution in [1.82, 2.24) is 0 Å². The molecule has 0 spiro atoms. The zero-order valence-corrected chi connectivity index (χ0v) is 10.6. The van der Waals surface area contributed by atoms with Crippen molar-refractivity contribution >= 4 is 21.7 Å². The molecule has 1 atom stereocenters.